The number of halogens is 2. The molecule has 0 aliphatic carbocycles. The van der Waals surface area contributed by atoms with Crippen molar-refractivity contribution in [1.82, 2.24) is 0 Å². The molecule has 0 radical (unpaired) electrons. The van der Waals surface area contributed by atoms with Crippen molar-refractivity contribution in [2.45, 2.75) is 0 Å². The minimum absolute atomic E-state index is 0.0160. The molecule has 1 N–H and O–H groups in total. The van der Waals surface area contributed by atoms with Gasteiger partial charge in [-0.1, -0.05) is 39.7 Å². The summed E-state index contributed by atoms with van der Waals surface area (Å²) in [6, 6.07) is 9.76. The second kappa shape index (κ2) is 5.59. The lowest BCUT2D eigenvalue weighted by molar-refractivity contribution is 0.112. The summed E-state index contributed by atoms with van der Waals surface area (Å²) in [5.74, 6) is -0.102. The second-order valence-corrected chi connectivity index (χ2v) is 5.92. The SMILES string of the molecule is O=Cc1c(O)c(Cl)cc2c(=O)cc(-c3ccc(Br)cc3)oc12. The molecule has 0 fully saturated rings. The molecule has 0 amide bonds. The minimum atomic E-state index is -0.403. The Balaban J connectivity index is 2.36. The molecule has 3 aromatic rings. The van der Waals surface area contributed by atoms with Crippen molar-refractivity contribution < 1.29 is 14.3 Å². The molecule has 0 saturated carbocycles. The Morgan fingerprint density at radius 1 is 1.18 bits per heavy atom. The zero-order chi connectivity index (χ0) is 15.9. The molecule has 1 aromatic heterocycles. The van der Waals surface area contributed by atoms with Gasteiger partial charge in [-0.25, -0.2) is 0 Å². The molecule has 22 heavy (non-hydrogen) atoms. The van der Waals surface area contributed by atoms with E-state index in [4.69, 9.17) is 16.0 Å². The molecule has 0 aliphatic rings. The molecule has 0 spiro atoms. The number of carbonyl (C=O) groups excluding carboxylic acids is 1. The molecule has 0 unspecified atom stereocenters. The number of rotatable bonds is 2. The van der Waals surface area contributed by atoms with E-state index >= 15 is 0 Å². The number of aldehydes is 1. The van der Waals surface area contributed by atoms with Gasteiger partial charge in [0.2, 0.25) is 0 Å². The maximum Gasteiger partial charge on any atom is 0.193 e. The summed E-state index contributed by atoms with van der Waals surface area (Å²) in [7, 11) is 0. The maximum atomic E-state index is 12.2. The molecule has 2 aromatic carbocycles. The number of benzene rings is 2. The van der Waals surface area contributed by atoms with Gasteiger partial charge in [-0.3, -0.25) is 9.59 Å². The predicted molar refractivity (Wildman–Crippen MR) is 87.7 cm³/mol. The minimum Gasteiger partial charge on any atom is -0.505 e. The number of aromatic hydroxyl groups is 1. The molecule has 3 rings (SSSR count). The number of phenolic OH excluding ortho intramolecular Hbond substituents is 1. The summed E-state index contributed by atoms with van der Waals surface area (Å²) in [4.78, 5) is 23.5. The fourth-order valence-corrected chi connectivity index (χ4v) is 2.61. The van der Waals surface area contributed by atoms with Crippen LogP contribution in [0.15, 0.2) is 50.1 Å². The fourth-order valence-electron chi connectivity index (χ4n) is 2.14. The van der Waals surface area contributed by atoms with Crippen molar-refractivity contribution in [1.29, 1.82) is 0 Å². The predicted octanol–water partition coefficient (Wildman–Crippen LogP) is 4.39. The van der Waals surface area contributed by atoms with Gasteiger partial charge in [-0.15, -0.1) is 0 Å². The third-order valence-electron chi connectivity index (χ3n) is 3.23. The Hall–Kier alpha value is -2.11. The smallest absolute Gasteiger partial charge is 0.193 e. The van der Waals surface area contributed by atoms with Crippen LogP contribution in [0.25, 0.3) is 22.3 Å². The van der Waals surface area contributed by atoms with Crippen LogP contribution in [0.3, 0.4) is 0 Å². The standard InChI is InChI=1S/C16H8BrClO4/c17-9-3-1-8(2-4-9)14-6-13(20)10-5-12(18)15(21)11(7-19)16(10)22-14/h1-7,21H. The first-order valence-electron chi connectivity index (χ1n) is 6.21. The third kappa shape index (κ3) is 2.42. The van der Waals surface area contributed by atoms with E-state index in [9.17, 15) is 14.7 Å². The highest BCUT2D eigenvalue weighted by atomic mass is 79.9. The van der Waals surface area contributed by atoms with Crippen LogP contribution in [0.2, 0.25) is 5.02 Å². The van der Waals surface area contributed by atoms with E-state index in [2.05, 4.69) is 15.9 Å². The molecular formula is C16H8BrClO4. The van der Waals surface area contributed by atoms with Crippen LogP contribution in [0.4, 0.5) is 0 Å². The summed E-state index contributed by atoms with van der Waals surface area (Å²) in [5, 5.41) is 9.93. The van der Waals surface area contributed by atoms with Crippen molar-refractivity contribution >= 4 is 44.8 Å². The highest BCUT2D eigenvalue weighted by Gasteiger charge is 2.16. The molecule has 0 bridgehead atoms. The van der Waals surface area contributed by atoms with Crippen molar-refractivity contribution in [2.75, 3.05) is 0 Å². The van der Waals surface area contributed by atoms with Gasteiger partial charge in [0.15, 0.2) is 17.3 Å². The summed E-state index contributed by atoms with van der Waals surface area (Å²) in [6.07, 6.45) is 0.415. The Morgan fingerprint density at radius 2 is 1.86 bits per heavy atom. The van der Waals surface area contributed by atoms with Crippen LogP contribution in [-0.4, -0.2) is 11.4 Å². The average molecular weight is 380 g/mol. The lowest BCUT2D eigenvalue weighted by atomic mass is 10.1. The largest absolute Gasteiger partial charge is 0.505 e. The first kappa shape index (κ1) is 14.8. The molecule has 110 valence electrons. The number of phenols is 1. The van der Waals surface area contributed by atoms with Crippen molar-refractivity contribution in [3.05, 3.63) is 61.7 Å². The number of carbonyl (C=O) groups is 1. The lowest BCUT2D eigenvalue weighted by Crippen LogP contribution is -2.02. The van der Waals surface area contributed by atoms with E-state index in [1.54, 1.807) is 24.3 Å². The Morgan fingerprint density at radius 3 is 2.50 bits per heavy atom. The van der Waals surface area contributed by atoms with Gasteiger partial charge in [-0.2, -0.15) is 0 Å². The Kier molecular flexibility index (Phi) is 3.76. The van der Waals surface area contributed by atoms with E-state index in [0.717, 1.165) is 4.47 Å². The van der Waals surface area contributed by atoms with Crippen LogP contribution in [0, 0.1) is 0 Å². The third-order valence-corrected chi connectivity index (χ3v) is 4.04. The summed E-state index contributed by atoms with van der Waals surface area (Å²) in [5.41, 5.74) is 0.207. The van der Waals surface area contributed by atoms with E-state index in [1.807, 2.05) is 0 Å². The molecular weight excluding hydrogens is 372 g/mol. The van der Waals surface area contributed by atoms with Gasteiger partial charge < -0.3 is 9.52 Å². The number of hydrogen-bond acceptors (Lipinski definition) is 4. The van der Waals surface area contributed by atoms with Gasteiger partial charge in [-0.05, 0) is 18.2 Å². The van der Waals surface area contributed by atoms with Crippen LogP contribution >= 0.6 is 27.5 Å². The second-order valence-electron chi connectivity index (χ2n) is 4.60. The van der Waals surface area contributed by atoms with E-state index in [-0.39, 0.29) is 27.0 Å². The normalized spacial score (nSPS) is 10.8. The first-order chi connectivity index (χ1) is 10.5. The van der Waals surface area contributed by atoms with Crippen molar-refractivity contribution in [3.8, 4) is 17.1 Å². The topological polar surface area (TPSA) is 67.5 Å². The molecule has 1 heterocycles. The van der Waals surface area contributed by atoms with Crippen LogP contribution in [-0.2, 0) is 0 Å². The number of hydrogen-bond donors (Lipinski definition) is 1. The molecule has 4 nitrogen and oxygen atoms in total. The summed E-state index contributed by atoms with van der Waals surface area (Å²) >= 11 is 9.15. The maximum absolute atomic E-state index is 12.2. The summed E-state index contributed by atoms with van der Waals surface area (Å²) in [6.45, 7) is 0. The van der Waals surface area contributed by atoms with E-state index < -0.39 is 5.75 Å². The van der Waals surface area contributed by atoms with E-state index in [1.165, 1.54) is 12.1 Å². The zero-order valence-corrected chi connectivity index (χ0v) is 13.3. The average Bonchev–Trinajstić information content (AvgIpc) is 2.50. The van der Waals surface area contributed by atoms with Crippen LogP contribution in [0.5, 0.6) is 5.75 Å². The fraction of sp³-hybridized carbons (Fsp3) is 0. The number of fused-ring (bicyclic) bond motifs is 1. The molecule has 0 saturated heterocycles. The van der Waals surface area contributed by atoms with Gasteiger partial charge >= 0.3 is 0 Å². The Bertz CT molecular complexity index is 945. The quantitative estimate of drug-likeness (QED) is 0.670. The first-order valence-corrected chi connectivity index (χ1v) is 7.39. The highest BCUT2D eigenvalue weighted by Crippen LogP contribution is 2.34. The Labute approximate surface area is 138 Å². The van der Waals surface area contributed by atoms with Crippen LogP contribution in [0.1, 0.15) is 10.4 Å². The van der Waals surface area contributed by atoms with E-state index in [0.29, 0.717) is 17.6 Å². The van der Waals surface area contributed by atoms with Gasteiger partial charge in [0.25, 0.3) is 0 Å². The molecule has 6 heteroatoms. The monoisotopic (exact) mass is 378 g/mol. The van der Waals surface area contributed by atoms with Gasteiger partial charge in [0.05, 0.1) is 10.4 Å². The molecule has 0 atom stereocenters. The molecule has 0 aliphatic heterocycles. The lowest BCUT2D eigenvalue weighted by Gasteiger charge is -2.07. The highest BCUT2D eigenvalue weighted by molar-refractivity contribution is 9.10. The van der Waals surface area contributed by atoms with Crippen LogP contribution < -0.4 is 5.43 Å². The van der Waals surface area contributed by atoms with Crippen molar-refractivity contribution in [3.63, 3.8) is 0 Å². The van der Waals surface area contributed by atoms with Gasteiger partial charge in [0, 0.05) is 16.1 Å². The summed E-state index contributed by atoms with van der Waals surface area (Å²) < 4.78 is 6.55. The zero-order valence-electron chi connectivity index (χ0n) is 11.0. The van der Waals surface area contributed by atoms with Crippen molar-refractivity contribution in [2.24, 2.45) is 0 Å². The van der Waals surface area contributed by atoms with Gasteiger partial charge in [0.1, 0.15) is 17.1 Å².